The van der Waals surface area contributed by atoms with E-state index in [-0.39, 0.29) is 6.10 Å². The fraction of sp³-hybridized carbons (Fsp3) is 1.00. The van der Waals surface area contributed by atoms with Crippen molar-refractivity contribution in [2.75, 3.05) is 19.6 Å². The fourth-order valence-electron chi connectivity index (χ4n) is 2.01. The number of piperidine rings is 1. The molecule has 0 saturated carbocycles. The molecule has 13 heavy (non-hydrogen) atoms. The molecule has 1 aliphatic rings. The molecule has 1 heterocycles. The van der Waals surface area contributed by atoms with E-state index < -0.39 is 0 Å². The normalized spacial score (nSPS) is 30.7. The molecule has 1 saturated heterocycles. The number of hydrogen-bond acceptors (Lipinski definition) is 2. The number of aliphatic hydroxyl groups is 1. The maximum absolute atomic E-state index is 9.54. The van der Waals surface area contributed by atoms with Gasteiger partial charge in [0.05, 0.1) is 6.10 Å². The van der Waals surface area contributed by atoms with E-state index in [0.717, 1.165) is 19.5 Å². The largest absolute Gasteiger partial charge is 0.393 e. The fourth-order valence-corrected chi connectivity index (χ4v) is 2.01. The number of hydrogen-bond donors (Lipinski definition) is 1. The van der Waals surface area contributed by atoms with Crippen molar-refractivity contribution >= 4 is 0 Å². The highest BCUT2D eigenvalue weighted by atomic mass is 16.3. The van der Waals surface area contributed by atoms with E-state index in [2.05, 4.69) is 18.7 Å². The summed E-state index contributed by atoms with van der Waals surface area (Å²) in [5.41, 5.74) is 0. The van der Waals surface area contributed by atoms with E-state index in [4.69, 9.17) is 0 Å². The van der Waals surface area contributed by atoms with E-state index in [1.807, 2.05) is 0 Å². The quantitative estimate of drug-likeness (QED) is 0.676. The lowest BCUT2D eigenvalue weighted by molar-refractivity contribution is 0.0345. The minimum absolute atomic E-state index is 0.0533. The van der Waals surface area contributed by atoms with Crippen molar-refractivity contribution in [2.45, 2.75) is 45.6 Å². The van der Waals surface area contributed by atoms with Gasteiger partial charge >= 0.3 is 0 Å². The summed E-state index contributed by atoms with van der Waals surface area (Å²) in [7, 11) is 0. The molecule has 0 aromatic heterocycles. The van der Waals surface area contributed by atoms with Gasteiger partial charge in [-0.05, 0) is 25.3 Å². The van der Waals surface area contributed by atoms with Crippen molar-refractivity contribution in [1.29, 1.82) is 0 Å². The minimum atomic E-state index is -0.0533. The predicted molar refractivity (Wildman–Crippen MR) is 55.8 cm³/mol. The lowest BCUT2D eigenvalue weighted by Crippen LogP contribution is -2.42. The van der Waals surface area contributed by atoms with E-state index in [1.54, 1.807) is 0 Å². The maximum Gasteiger partial charge on any atom is 0.0590 e. The molecule has 0 aliphatic carbocycles. The molecule has 2 nitrogen and oxygen atoms in total. The van der Waals surface area contributed by atoms with Gasteiger partial charge in [0.25, 0.3) is 0 Å². The predicted octanol–water partition coefficient (Wildman–Crippen LogP) is 1.88. The van der Waals surface area contributed by atoms with Gasteiger partial charge in [0, 0.05) is 13.1 Å². The molecule has 1 aliphatic heterocycles. The monoisotopic (exact) mass is 185 g/mol. The molecular weight excluding hydrogens is 162 g/mol. The molecule has 0 bridgehead atoms. The average Bonchev–Trinajstić information content (AvgIpc) is 2.12. The number of nitrogens with zero attached hydrogens (tertiary/aromatic N) is 1. The molecule has 1 rings (SSSR count). The third-order valence-electron chi connectivity index (χ3n) is 3.02. The van der Waals surface area contributed by atoms with Crippen molar-refractivity contribution in [2.24, 2.45) is 5.92 Å². The molecule has 78 valence electrons. The Balaban J connectivity index is 2.14. The van der Waals surface area contributed by atoms with E-state index >= 15 is 0 Å². The first-order chi connectivity index (χ1) is 6.24. The van der Waals surface area contributed by atoms with Crippen LogP contribution in [0.5, 0.6) is 0 Å². The van der Waals surface area contributed by atoms with Crippen molar-refractivity contribution in [1.82, 2.24) is 4.90 Å². The lowest BCUT2D eigenvalue weighted by Gasteiger charge is -2.34. The Hall–Kier alpha value is -0.0800. The zero-order chi connectivity index (χ0) is 9.68. The Bertz CT molecular complexity index is 138. The number of aliphatic hydroxyl groups excluding tert-OH is 1. The minimum Gasteiger partial charge on any atom is -0.393 e. The first kappa shape index (κ1) is 11.0. The van der Waals surface area contributed by atoms with Crippen molar-refractivity contribution < 1.29 is 5.11 Å². The zero-order valence-corrected chi connectivity index (χ0v) is 9.00. The molecule has 2 unspecified atom stereocenters. The third kappa shape index (κ3) is 3.65. The summed E-state index contributed by atoms with van der Waals surface area (Å²) in [6.07, 6.45) is 4.87. The van der Waals surface area contributed by atoms with Gasteiger partial charge in [-0.3, -0.25) is 0 Å². The molecule has 0 radical (unpaired) electrons. The van der Waals surface area contributed by atoms with Gasteiger partial charge in [-0.2, -0.15) is 0 Å². The highest BCUT2D eigenvalue weighted by Crippen LogP contribution is 2.16. The van der Waals surface area contributed by atoms with Gasteiger partial charge in [0.15, 0.2) is 0 Å². The van der Waals surface area contributed by atoms with Crippen LogP contribution in [0.1, 0.15) is 39.5 Å². The summed E-state index contributed by atoms with van der Waals surface area (Å²) in [5, 5.41) is 9.54. The highest BCUT2D eigenvalue weighted by Gasteiger charge is 2.23. The second-order valence-electron chi connectivity index (χ2n) is 4.34. The van der Waals surface area contributed by atoms with Gasteiger partial charge in [-0.25, -0.2) is 0 Å². The topological polar surface area (TPSA) is 23.5 Å². The first-order valence-electron chi connectivity index (χ1n) is 5.64. The maximum atomic E-state index is 9.54. The summed E-state index contributed by atoms with van der Waals surface area (Å²) in [6, 6.07) is 0. The summed E-state index contributed by atoms with van der Waals surface area (Å²) in [4.78, 5) is 2.49. The summed E-state index contributed by atoms with van der Waals surface area (Å²) >= 11 is 0. The van der Waals surface area contributed by atoms with Crippen LogP contribution in [0.3, 0.4) is 0 Å². The van der Waals surface area contributed by atoms with Crippen molar-refractivity contribution in [3.05, 3.63) is 0 Å². The van der Waals surface area contributed by atoms with Crippen LogP contribution in [0.2, 0.25) is 0 Å². The van der Waals surface area contributed by atoms with Crippen molar-refractivity contribution in [3.63, 3.8) is 0 Å². The highest BCUT2D eigenvalue weighted by molar-refractivity contribution is 4.76. The Morgan fingerprint density at radius 3 is 2.77 bits per heavy atom. The Kier molecular flexibility index (Phi) is 4.74. The number of rotatable bonds is 4. The zero-order valence-electron chi connectivity index (χ0n) is 9.00. The van der Waals surface area contributed by atoms with Crippen LogP contribution in [-0.2, 0) is 0 Å². The van der Waals surface area contributed by atoms with E-state index in [9.17, 15) is 5.11 Å². The van der Waals surface area contributed by atoms with E-state index in [1.165, 1.54) is 25.8 Å². The molecule has 2 atom stereocenters. The molecule has 1 fully saturated rings. The van der Waals surface area contributed by atoms with Crippen LogP contribution in [0.15, 0.2) is 0 Å². The average molecular weight is 185 g/mol. The van der Waals surface area contributed by atoms with Crippen molar-refractivity contribution in [3.8, 4) is 0 Å². The van der Waals surface area contributed by atoms with Crippen LogP contribution in [0.4, 0.5) is 0 Å². The Morgan fingerprint density at radius 1 is 1.38 bits per heavy atom. The summed E-state index contributed by atoms with van der Waals surface area (Å²) in [5.74, 6) is 0.468. The van der Waals surface area contributed by atoms with Crippen LogP contribution >= 0.6 is 0 Å². The summed E-state index contributed by atoms with van der Waals surface area (Å²) in [6.45, 7) is 7.80. The number of unbranched alkanes of at least 4 members (excludes halogenated alkanes) is 2. The van der Waals surface area contributed by atoms with Gasteiger partial charge in [0.2, 0.25) is 0 Å². The lowest BCUT2D eigenvalue weighted by atomic mass is 9.96. The Labute approximate surface area is 81.9 Å². The van der Waals surface area contributed by atoms with Gasteiger partial charge in [-0.1, -0.05) is 26.7 Å². The van der Waals surface area contributed by atoms with Gasteiger partial charge < -0.3 is 10.0 Å². The summed E-state index contributed by atoms with van der Waals surface area (Å²) < 4.78 is 0. The molecule has 0 spiro atoms. The number of likely N-dealkylation sites (tertiary alicyclic amines) is 1. The first-order valence-corrected chi connectivity index (χ1v) is 5.64. The molecule has 1 N–H and O–H groups in total. The SMILES string of the molecule is CCCCCN1CCC(O)C(C)C1. The van der Waals surface area contributed by atoms with E-state index in [0.29, 0.717) is 5.92 Å². The van der Waals surface area contributed by atoms with Gasteiger partial charge in [-0.15, -0.1) is 0 Å². The molecule has 0 aromatic rings. The molecule has 0 aromatic carbocycles. The van der Waals surface area contributed by atoms with Gasteiger partial charge in [0.1, 0.15) is 0 Å². The third-order valence-corrected chi connectivity index (χ3v) is 3.02. The molecule has 2 heteroatoms. The van der Waals surface area contributed by atoms with Crippen LogP contribution in [0, 0.1) is 5.92 Å². The van der Waals surface area contributed by atoms with Crippen LogP contribution < -0.4 is 0 Å². The molecular formula is C11H23NO. The van der Waals surface area contributed by atoms with Crippen LogP contribution in [0.25, 0.3) is 0 Å². The Morgan fingerprint density at radius 2 is 2.15 bits per heavy atom. The van der Waals surface area contributed by atoms with Crippen LogP contribution in [-0.4, -0.2) is 35.7 Å². The second kappa shape index (κ2) is 5.61. The standard InChI is InChI=1S/C11H23NO/c1-3-4-5-7-12-8-6-11(13)10(2)9-12/h10-11,13H,3-9H2,1-2H3. The molecule has 0 amide bonds. The second-order valence-corrected chi connectivity index (χ2v) is 4.34. The smallest absolute Gasteiger partial charge is 0.0590 e.